The molecule has 0 atom stereocenters. The smallest absolute Gasteiger partial charge is 0.0413 e. The van der Waals surface area contributed by atoms with E-state index < -0.39 is 0 Å². The second kappa shape index (κ2) is 3.35. The standard InChI is InChI=1S/C9H12BrN/c1-6(2)9-4-8(10)5-11-7(9)3/h4-6H,1-3H3. The molecule has 0 N–H and O–H groups in total. The van der Waals surface area contributed by atoms with Gasteiger partial charge < -0.3 is 0 Å². The van der Waals surface area contributed by atoms with Crippen molar-refractivity contribution < 1.29 is 0 Å². The van der Waals surface area contributed by atoms with Crippen molar-refractivity contribution in [2.45, 2.75) is 26.7 Å². The van der Waals surface area contributed by atoms with Gasteiger partial charge in [0.2, 0.25) is 0 Å². The van der Waals surface area contributed by atoms with Crippen LogP contribution in [0, 0.1) is 6.92 Å². The van der Waals surface area contributed by atoms with Gasteiger partial charge in [-0.05, 0) is 40.4 Å². The van der Waals surface area contributed by atoms with Crippen molar-refractivity contribution in [3.05, 3.63) is 28.0 Å². The second-order valence-electron chi connectivity index (χ2n) is 2.98. The van der Waals surface area contributed by atoms with Crippen LogP contribution in [0.1, 0.15) is 31.0 Å². The summed E-state index contributed by atoms with van der Waals surface area (Å²) in [6.45, 7) is 6.40. The van der Waals surface area contributed by atoms with E-state index in [1.807, 2.05) is 13.1 Å². The average Bonchev–Trinajstić information content (AvgIpc) is 1.94. The molecule has 0 saturated carbocycles. The minimum atomic E-state index is 0.556. The van der Waals surface area contributed by atoms with E-state index >= 15 is 0 Å². The summed E-state index contributed by atoms with van der Waals surface area (Å²) >= 11 is 3.40. The third-order valence-electron chi connectivity index (χ3n) is 1.71. The predicted octanol–water partition coefficient (Wildman–Crippen LogP) is 3.28. The predicted molar refractivity (Wildman–Crippen MR) is 50.8 cm³/mol. The van der Waals surface area contributed by atoms with E-state index in [1.54, 1.807) is 0 Å². The number of pyridine rings is 1. The van der Waals surface area contributed by atoms with Gasteiger partial charge in [-0.1, -0.05) is 13.8 Å². The topological polar surface area (TPSA) is 12.9 Å². The minimum absolute atomic E-state index is 0.556. The van der Waals surface area contributed by atoms with Gasteiger partial charge in [-0.2, -0.15) is 0 Å². The van der Waals surface area contributed by atoms with Crippen LogP contribution in [0.4, 0.5) is 0 Å². The van der Waals surface area contributed by atoms with Crippen molar-refractivity contribution in [2.24, 2.45) is 0 Å². The lowest BCUT2D eigenvalue weighted by molar-refractivity contribution is 0.841. The van der Waals surface area contributed by atoms with Gasteiger partial charge in [0, 0.05) is 16.4 Å². The van der Waals surface area contributed by atoms with Crippen LogP contribution in [0.2, 0.25) is 0 Å². The van der Waals surface area contributed by atoms with E-state index in [9.17, 15) is 0 Å². The van der Waals surface area contributed by atoms with Crippen LogP contribution in [-0.2, 0) is 0 Å². The maximum atomic E-state index is 4.25. The summed E-state index contributed by atoms with van der Waals surface area (Å²) in [7, 11) is 0. The first-order valence-corrected chi connectivity index (χ1v) is 4.52. The Labute approximate surface area is 76.0 Å². The van der Waals surface area contributed by atoms with Crippen LogP contribution >= 0.6 is 15.9 Å². The summed E-state index contributed by atoms with van der Waals surface area (Å²) in [6.07, 6.45) is 1.83. The summed E-state index contributed by atoms with van der Waals surface area (Å²) in [5.41, 5.74) is 2.45. The van der Waals surface area contributed by atoms with E-state index in [1.165, 1.54) is 5.56 Å². The molecule has 0 spiro atoms. The fraction of sp³-hybridized carbons (Fsp3) is 0.444. The Morgan fingerprint density at radius 1 is 1.45 bits per heavy atom. The molecule has 0 aliphatic heterocycles. The zero-order valence-corrected chi connectivity index (χ0v) is 8.64. The molecule has 1 nitrogen and oxygen atoms in total. The van der Waals surface area contributed by atoms with Crippen molar-refractivity contribution in [2.75, 3.05) is 0 Å². The Kier molecular flexibility index (Phi) is 2.66. The van der Waals surface area contributed by atoms with Crippen LogP contribution in [-0.4, -0.2) is 4.98 Å². The summed E-state index contributed by atoms with van der Waals surface area (Å²) in [5.74, 6) is 0.556. The van der Waals surface area contributed by atoms with Crippen molar-refractivity contribution >= 4 is 15.9 Å². The molecule has 1 heterocycles. The quantitative estimate of drug-likeness (QED) is 0.699. The molecule has 0 aliphatic rings. The number of rotatable bonds is 1. The molecular formula is C9H12BrN. The summed E-state index contributed by atoms with van der Waals surface area (Å²) in [4.78, 5) is 4.25. The molecule has 11 heavy (non-hydrogen) atoms. The molecule has 1 aromatic rings. The summed E-state index contributed by atoms with van der Waals surface area (Å²) in [6, 6.07) is 2.13. The lowest BCUT2D eigenvalue weighted by Crippen LogP contribution is -1.94. The van der Waals surface area contributed by atoms with E-state index in [0.717, 1.165) is 10.2 Å². The highest BCUT2D eigenvalue weighted by Crippen LogP contribution is 2.20. The third-order valence-corrected chi connectivity index (χ3v) is 2.15. The second-order valence-corrected chi connectivity index (χ2v) is 3.90. The highest BCUT2D eigenvalue weighted by atomic mass is 79.9. The lowest BCUT2D eigenvalue weighted by Gasteiger charge is -2.07. The monoisotopic (exact) mass is 213 g/mol. The highest BCUT2D eigenvalue weighted by Gasteiger charge is 2.03. The van der Waals surface area contributed by atoms with Crippen molar-refractivity contribution in [1.29, 1.82) is 0 Å². The van der Waals surface area contributed by atoms with E-state index in [2.05, 4.69) is 40.8 Å². The number of halogens is 1. The summed E-state index contributed by atoms with van der Waals surface area (Å²) < 4.78 is 1.06. The summed E-state index contributed by atoms with van der Waals surface area (Å²) in [5, 5.41) is 0. The Balaban J connectivity index is 3.13. The zero-order chi connectivity index (χ0) is 8.43. The molecule has 0 saturated heterocycles. The van der Waals surface area contributed by atoms with Gasteiger partial charge >= 0.3 is 0 Å². The van der Waals surface area contributed by atoms with E-state index in [0.29, 0.717) is 5.92 Å². The zero-order valence-electron chi connectivity index (χ0n) is 7.06. The molecule has 0 amide bonds. The fourth-order valence-corrected chi connectivity index (χ4v) is 1.46. The van der Waals surface area contributed by atoms with Gasteiger partial charge in [-0.3, -0.25) is 4.98 Å². The Hall–Kier alpha value is -0.370. The first kappa shape index (κ1) is 8.72. The minimum Gasteiger partial charge on any atom is -0.260 e. The molecule has 0 unspecified atom stereocenters. The molecule has 1 rings (SSSR count). The first-order valence-electron chi connectivity index (χ1n) is 3.73. The Morgan fingerprint density at radius 3 is 2.55 bits per heavy atom. The van der Waals surface area contributed by atoms with E-state index in [-0.39, 0.29) is 0 Å². The molecule has 60 valence electrons. The maximum Gasteiger partial charge on any atom is 0.0413 e. The molecule has 0 fully saturated rings. The molecule has 0 bridgehead atoms. The molecule has 0 aromatic carbocycles. The lowest BCUT2D eigenvalue weighted by atomic mass is 10.0. The SMILES string of the molecule is Cc1ncc(Br)cc1C(C)C. The molecular weight excluding hydrogens is 202 g/mol. The van der Waals surface area contributed by atoms with Crippen molar-refractivity contribution in [3.8, 4) is 0 Å². The fourth-order valence-electron chi connectivity index (χ4n) is 1.11. The van der Waals surface area contributed by atoms with Crippen LogP contribution in [0.25, 0.3) is 0 Å². The largest absolute Gasteiger partial charge is 0.260 e. The van der Waals surface area contributed by atoms with Gasteiger partial charge in [0.05, 0.1) is 0 Å². The van der Waals surface area contributed by atoms with Gasteiger partial charge in [0.1, 0.15) is 0 Å². The van der Waals surface area contributed by atoms with Gasteiger partial charge in [-0.15, -0.1) is 0 Å². The van der Waals surface area contributed by atoms with Gasteiger partial charge in [0.25, 0.3) is 0 Å². The number of hydrogen-bond donors (Lipinski definition) is 0. The average molecular weight is 214 g/mol. The van der Waals surface area contributed by atoms with Crippen LogP contribution in [0.5, 0.6) is 0 Å². The Morgan fingerprint density at radius 2 is 2.09 bits per heavy atom. The van der Waals surface area contributed by atoms with Crippen molar-refractivity contribution in [1.82, 2.24) is 4.98 Å². The number of aryl methyl sites for hydroxylation is 1. The molecule has 0 radical (unpaired) electrons. The third kappa shape index (κ3) is 2.03. The number of aromatic nitrogens is 1. The molecule has 0 aliphatic carbocycles. The Bertz CT molecular complexity index is 256. The van der Waals surface area contributed by atoms with Crippen LogP contribution in [0.15, 0.2) is 16.7 Å². The first-order chi connectivity index (χ1) is 5.11. The normalized spacial score (nSPS) is 10.6. The number of hydrogen-bond acceptors (Lipinski definition) is 1. The van der Waals surface area contributed by atoms with Gasteiger partial charge in [0.15, 0.2) is 0 Å². The molecule has 2 heteroatoms. The van der Waals surface area contributed by atoms with Crippen molar-refractivity contribution in [3.63, 3.8) is 0 Å². The van der Waals surface area contributed by atoms with E-state index in [4.69, 9.17) is 0 Å². The number of nitrogens with zero attached hydrogens (tertiary/aromatic N) is 1. The van der Waals surface area contributed by atoms with Crippen LogP contribution < -0.4 is 0 Å². The molecule has 1 aromatic heterocycles. The van der Waals surface area contributed by atoms with Crippen LogP contribution in [0.3, 0.4) is 0 Å². The van der Waals surface area contributed by atoms with Gasteiger partial charge in [-0.25, -0.2) is 0 Å². The maximum absolute atomic E-state index is 4.25. The highest BCUT2D eigenvalue weighted by molar-refractivity contribution is 9.10.